The van der Waals surface area contributed by atoms with Gasteiger partial charge in [-0.15, -0.1) is 11.3 Å². The zero-order valence-electron chi connectivity index (χ0n) is 26.5. The average Bonchev–Trinajstić information content (AvgIpc) is 3.38. The number of urea groups is 1. The molecule has 0 aliphatic carbocycles. The van der Waals surface area contributed by atoms with Crippen LogP contribution in [-0.2, 0) is 17.8 Å². The second kappa shape index (κ2) is 15.6. The van der Waals surface area contributed by atoms with E-state index in [1.165, 1.54) is 5.56 Å². The maximum atomic E-state index is 13.9. The van der Waals surface area contributed by atoms with Crippen LogP contribution in [0.4, 0.5) is 10.5 Å². The molecule has 0 saturated heterocycles. The van der Waals surface area contributed by atoms with E-state index in [9.17, 15) is 9.59 Å². The Labute approximate surface area is 255 Å². The maximum absolute atomic E-state index is 13.9. The molecule has 0 radical (unpaired) electrons. The van der Waals surface area contributed by atoms with Crippen molar-refractivity contribution in [1.82, 2.24) is 9.80 Å². The van der Waals surface area contributed by atoms with Gasteiger partial charge in [0.25, 0.3) is 0 Å². The first kappa shape index (κ1) is 33.0. The highest BCUT2D eigenvalue weighted by Gasteiger charge is 2.24. The largest absolute Gasteiger partial charge is 0.493 e. The molecule has 0 unspecified atom stereocenters. The fraction of sp³-hybridized carbons (Fsp3) is 0.471. The van der Waals surface area contributed by atoms with Gasteiger partial charge in [0.05, 0.1) is 20.8 Å². The summed E-state index contributed by atoms with van der Waals surface area (Å²) in [5, 5.41) is 5.25. The Morgan fingerprint density at radius 3 is 2.12 bits per heavy atom. The highest BCUT2D eigenvalue weighted by molar-refractivity contribution is 7.10. The second-order valence-corrected chi connectivity index (χ2v) is 12.3. The summed E-state index contributed by atoms with van der Waals surface area (Å²) in [7, 11) is 3.23. The molecule has 0 aliphatic rings. The van der Waals surface area contributed by atoms with Gasteiger partial charge in [0.1, 0.15) is 6.54 Å². The minimum Gasteiger partial charge on any atom is -0.493 e. The number of para-hydroxylation sites is 1. The van der Waals surface area contributed by atoms with Crippen LogP contribution in [0.1, 0.15) is 80.0 Å². The van der Waals surface area contributed by atoms with Gasteiger partial charge in [-0.2, -0.15) is 0 Å². The Morgan fingerprint density at radius 2 is 1.57 bits per heavy atom. The minimum absolute atomic E-state index is 0.0108. The number of anilines is 1. The Kier molecular flexibility index (Phi) is 12.3. The Morgan fingerprint density at radius 1 is 0.905 bits per heavy atom. The first-order valence-electron chi connectivity index (χ1n) is 14.8. The van der Waals surface area contributed by atoms with E-state index in [0.717, 1.165) is 33.7 Å². The van der Waals surface area contributed by atoms with Gasteiger partial charge >= 0.3 is 6.03 Å². The molecular weight excluding hydrogens is 546 g/mol. The van der Waals surface area contributed by atoms with Crippen LogP contribution in [0.5, 0.6) is 11.5 Å². The Hall–Kier alpha value is -3.52. The number of carbonyl (C=O) groups is 2. The zero-order chi connectivity index (χ0) is 30.8. The summed E-state index contributed by atoms with van der Waals surface area (Å²) in [5.41, 5.74) is 5.27. The SMILES string of the molecule is CCCN(CC(=O)N(CCc1ccc(OC)c(OC)c1)Cc1sccc1C)C(=O)Nc1c(C(C)C)cccc1C(C)C. The quantitative estimate of drug-likeness (QED) is 0.207. The van der Waals surface area contributed by atoms with E-state index in [1.54, 1.807) is 30.5 Å². The van der Waals surface area contributed by atoms with Gasteiger partial charge in [0, 0.05) is 23.7 Å². The number of ether oxygens (including phenoxy) is 2. The molecule has 0 saturated carbocycles. The molecule has 1 aromatic heterocycles. The number of nitrogens with one attached hydrogen (secondary N) is 1. The number of hydrogen-bond donors (Lipinski definition) is 1. The third kappa shape index (κ3) is 8.51. The summed E-state index contributed by atoms with van der Waals surface area (Å²) in [5.74, 6) is 1.76. The number of carbonyl (C=O) groups excluding carboxylic acids is 2. The number of aryl methyl sites for hydroxylation is 1. The van der Waals surface area contributed by atoms with E-state index in [-0.39, 0.29) is 30.3 Å². The molecule has 0 fully saturated rings. The molecule has 228 valence electrons. The van der Waals surface area contributed by atoms with Crippen molar-refractivity contribution in [3.8, 4) is 11.5 Å². The summed E-state index contributed by atoms with van der Waals surface area (Å²) in [6.45, 7) is 14.1. The summed E-state index contributed by atoms with van der Waals surface area (Å²) in [6, 6.07) is 13.9. The number of amides is 3. The van der Waals surface area contributed by atoms with Crippen LogP contribution >= 0.6 is 11.3 Å². The number of rotatable bonds is 14. The number of methoxy groups -OCH3 is 2. The molecule has 0 aliphatic heterocycles. The molecule has 2 aromatic carbocycles. The van der Waals surface area contributed by atoms with Gasteiger partial charge in [-0.3, -0.25) is 4.79 Å². The van der Waals surface area contributed by atoms with Crippen molar-refractivity contribution in [1.29, 1.82) is 0 Å². The highest BCUT2D eigenvalue weighted by Crippen LogP contribution is 2.33. The molecule has 3 rings (SSSR count). The lowest BCUT2D eigenvalue weighted by Crippen LogP contribution is -2.45. The van der Waals surface area contributed by atoms with Crippen LogP contribution in [0, 0.1) is 6.92 Å². The van der Waals surface area contributed by atoms with Crippen LogP contribution in [0.2, 0.25) is 0 Å². The smallest absolute Gasteiger partial charge is 0.322 e. The van der Waals surface area contributed by atoms with Crippen molar-refractivity contribution < 1.29 is 19.1 Å². The lowest BCUT2D eigenvalue weighted by Gasteiger charge is -2.29. The molecule has 1 N–H and O–H groups in total. The van der Waals surface area contributed by atoms with Crippen LogP contribution in [0.3, 0.4) is 0 Å². The molecule has 7 nitrogen and oxygen atoms in total. The zero-order valence-corrected chi connectivity index (χ0v) is 27.3. The molecule has 0 atom stereocenters. The number of hydrogen-bond acceptors (Lipinski definition) is 5. The van der Waals surface area contributed by atoms with Gasteiger partial charge in [-0.05, 0) is 77.4 Å². The van der Waals surface area contributed by atoms with Crippen LogP contribution in [0.25, 0.3) is 0 Å². The van der Waals surface area contributed by atoms with E-state index >= 15 is 0 Å². The lowest BCUT2D eigenvalue weighted by molar-refractivity contribution is -0.132. The van der Waals surface area contributed by atoms with Crippen molar-refractivity contribution in [3.63, 3.8) is 0 Å². The van der Waals surface area contributed by atoms with Crippen molar-refractivity contribution in [2.45, 2.75) is 72.8 Å². The van der Waals surface area contributed by atoms with Gasteiger partial charge < -0.3 is 24.6 Å². The Bertz CT molecular complexity index is 1310. The third-order valence-corrected chi connectivity index (χ3v) is 8.49. The molecule has 42 heavy (non-hydrogen) atoms. The molecular formula is C34H47N3O4S. The fourth-order valence-corrected chi connectivity index (χ4v) is 5.92. The van der Waals surface area contributed by atoms with E-state index < -0.39 is 0 Å². The Balaban J connectivity index is 1.83. The van der Waals surface area contributed by atoms with Crippen molar-refractivity contribution in [3.05, 3.63) is 75.0 Å². The summed E-state index contributed by atoms with van der Waals surface area (Å²) in [6.07, 6.45) is 1.40. The normalized spacial score (nSPS) is 11.1. The third-order valence-electron chi connectivity index (χ3n) is 7.49. The van der Waals surface area contributed by atoms with E-state index in [2.05, 4.69) is 69.6 Å². The molecule has 8 heteroatoms. The average molecular weight is 594 g/mol. The van der Waals surface area contributed by atoms with Gasteiger partial charge in [-0.1, -0.05) is 58.9 Å². The first-order valence-corrected chi connectivity index (χ1v) is 15.7. The van der Waals surface area contributed by atoms with Gasteiger partial charge in [0.15, 0.2) is 11.5 Å². The summed E-state index contributed by atoms with van der Waals surface area (Å²) in [4.78, 5) is 32.3. The second-order valence-electron chi connectivity index (χ2n) is 11.3. The number of thiophene rings is 1. The van der Waals surface area contributed by atoms with E-state index in [0.29, 0.717) is 37.6 Å². The highest BCUT2D eigenvalue weighted by atomic mass is 32.1. The van der Waals surface area contributed by atoms with Crippen LogP contribution in [0.15, 0.2) is 47.8 Å². The van der Waals surface area contributed by atoms with Gasteiger partial charge in [-0.25, -0.2) is 4.79 Å². The van der Waals surface area contributed by atoms with Crippen LogP contribution < -0.4 is 14.8 Å². The molecule has 3 aromatic rings. The van der Waals surface area contributed by atoms with Crippen molar-refractivity contribution in [2.24, 2.45) is 0 Å². The minimum atomic E-state index is -0.243. The first-order chi connectivity index (χ1) is 20.1. The summed E-state index contributed by atoms with van der Waals surface area (Å²) >= 11 is 1.65. The maximum Gasteiger partial charge on any atom is 0.322 e. The van der Waals surface area contributed by atoms with E-state index in [1.807, 2.05) is 30.0 Å². The van der Waals surface area contributed by atoms with Gasteiger partial charge in [0.2, 0.25) is 5.91 Å². The number of benzene rings is 2. The summed E-state index contributed by atoms with van der Waals surface area (Å²) < 4.78 is 10.9. The molecule has 0 bridgehead atoms. The van der Waals surface area contributed by atoms with Crippen molar-refractivity contribution >= 4 is 29.0 Å². The van der Waals surface area contributed by atoms with Crippen LogP contribution in [-0.4, -0.2) is 55.6 Å². The lowest BCUT2D eigenvalue weighted by atomic mass is 9.93. The predicted molar refractivity (Wildman–Crippen MR) is 173 cm³/mol. The topological polar surface area (TPSA) is 71.1 Å². The predicted octanol–water partition coefficient (Wildman–Crippen LogP) is 7.84. The number of nitrogens with zero attached hydrogens (tertiary/aromatic N) is 2. The monoisotopic (exact) mass is 593 g/mol. The van der Waals surface area contributed by atoms with Crippen molar-refractivity contribution in [2.75, 3.05) is 39.2 Å². The fourth-order valence-electron chi connectivity index (χ4n) is 5.00. The molecule has 1 heterocycles. The standard InChI is InChI=1S/C34H47N3O4S/c1-9-17-37(34(39)35-33-27(23(2)3)11-10-12-28(33)24(4)5)22-32(38)36(21-31-25(6)16-19-42-31)18-15-26-13-14-29(40-7)30(20-26)41-8/h10-14,16,19-20,23-24H,9,15,17-18,21-22H2,1-8H3,(H,35,39). The molecule has 0 spiro atoms. The molecule has 3 amide bonds. The van der Waals surface area contributed by atoms with E-state index in [4.69, 9.17) is 9.47 Å².